The average molecular weight is 285 g/mol. The molecule has 1 aromatic heterocycles. The summed E-state index contributed by atoms with van der Waals surface area (Å²) in [6.07, 6.45) is 4.34. The highest BCUT2D eigenvalue weighted by atomic mass is 35.5. The first kappa shape index (κ1) is 14.0. The molecule has 1 aliphatic rings. The van der Waals surface area contributed by atoms with Gasteiger partial charge >= 0.3 is 5.69 Å². The van der Waals surface area contributed by atoms with Crippen LogP contribution in [0, 0.1) is 22.0 Å². The van der Waals surface area contributed by atoms with Crippen LogP contribution in [0.25, 0.3) is 0 Å². The number of hydrogen-bond donors (Lipinski definition) is 1. The Bertz CT molecular complexity index is 483. The van der Waals surface area contributed by atoms with Crippen molar-refractivity contribution in [1.29, 1.82) is 0 Å². The predicted molar refractivity (Wildman–Crippen MR) is 73.3 cm³/mol. The Morgan fingerprint density at radius 2 is 2.11 bits per heavy atom. The Kier molecular flexibility index (Phi) is 4.19. The van der Waals surface area contributed by atoms with Crippen LogP contribution in [0.15, 0.2) is 6.33 Å². The standard InChI is InChI=1S/C12H17ClN4O2/c1-7-3-4-9(5-8(7)2)16-12-10(17(18)19)11(13)14-6-15-12/h6-9H,3-5H2,1-2H3,(H,14,15,16). The number of nitrogens with zero attached hydrogens (tertiary/aromatic N) is 3. The Hall–Kier alpha value is -1.43. The van der Waals surface area contributed by atoms with Crippen LogP contribution < -0.4 is 5.32 Å². The first-order valence-electron chi connectivity index (χ1n) is 6.40. The maximum atomic E-state index is 11.0. The highest BCUT2D eigenvalue weighted by Gasteiger charge is 2.28. The fourth-order valence-electron chi connectivity index (χ4n) is 2.50. The molecular weight excluding hydrogens is 268 g/mol. The molecule has 19 heavy (non-hydrogen) atoms. The summed E-state index contributed by atoms with van der Waals surface area (Å²) in [5.74, 6) is 1.52. The normalized spacial score (nSPS) is 27.0. The number of hydrogen-bond acceptors (Lipinski definition) is 5. The van der Waals surface area contributed by atoms with E-state index in [1.165, 1.54) is 6.33 Å². The largest absolute Gasteiger partial charge is 0.361 e. The van der Waals surface area contributed by atoms with Crippen molar-refractivity contribution in [3.05, 3.63) is 21.6 Å². The molecule has 2 rings (SSSR count). The highest BCUT2D eigenvalue weighted by molar-refractivity contribution is 6.31. The Morgan fingerprint density at radius 1 is 1.37 bits per heavy atom. The van der Waals surface area contributed by atoms with E-state index in [1.807, 2.05) is 0 Å². The number of halogens is 1. The van der Waals surface area contributed by atoms with Crippen molar-refractivity contribution in [3.8, 4) is 0 Å². The third-order valence-corrected chi connectivity index (χ3v) is 4.18. The van der Waals surface area contributed by atoms with Crippen LogP contribution in [0.5, 0.6) is 0 Å². The van der Waals surface area contributed by atoms with E-state index in [9.17, 15) is 10.1 Å². The van der Waals surface area contributed by atoms with E-state index in [-0.39, 0.29) is 22.7 Å². The minimum Gasteiger partial charge on any atom is -0.361 e. The van der Waals surface area contributed by atoms with Gasteiger partial charge in [0.15, 0.2) is 0 Å². The van der Waals surface area contributed by atoms with E-state index in [1.54, 1.807) is 0 Å². The van der Waals surface area contributed by atoms with Gasteiger partial charge in [-0.05, 0) is 31.1 Å². The molecule has 1 saturated carbocycles. The molecule has 0 aliphatic heterocycles. The van der Waals surface area contributed by atoms with Gasteiger partial charge in [-0.2, -0.15) is 0 Å². The molecule has 6 nitrogen and oxygen atoms in total. The zero-order chi connectivity index (χ0) is 14.0. The van der Waals surface area contributed by atoms with Crippen LogP contribution in [0.4, 0.5) is 11.5 Å². The van der Waals surface area contributed by atoms with Crippen molar-refractivity contribution >= 4 is 23.1 Å². The molecule has 0 spiro atoms. The summed E-state index contributed by atoms with van der Waals surface area (Å²) in [7, 11) is 0. The maximum absolute atomic E-state index is 11.0. The van der Waals surface area contributed by atoms with Crippen molar-refractivity contribution in [1.82, 2.24) is 9.97 Å². The first-order chi connectivity index (χ1) is 8.99. The SMILES string of the molecule is CC1CCC(Nc2ncnc(Cl)c2[N+](=O)[O-])CC1C. The monoisotopic (exact) mass is 284 g/mol. The highest BCUT2D eigenvalue weighted by Crippen LogP contribution is 2.34. The van der Waals surface area contributed by atoms with E-state index in [0.29, 0.717) is 11.8 Å². The topological polar surface area (TPSA) is 81.0 Å². The summed E-state index contributed by atoms with van der Waals surface area (Å²) in [5, 5.41) is 14.0. The molecule has 1 N–H and O–H groups in total. The number of aromatic nitrogens is 2. The van der Waals surface area contributed by atoms with Gasteiger partial charge in [-0.15, -0.1) is 0 Å². The van der Waals surface area contributed by atoms with E-state index < -0.39 is 4.92 Å². The van der Waals surface area contributed by atoms with Crippen LogP contribution in [0.1, 0.15) is 33.1 Å². The van der Waals surface area contributed by atoms with Crippen LogP contribution in [0.2, 0.25) is 5.15 Å². The zero-order valence-electron chi connectivity index (χ0n) is 11.0. The molecule has 104 valence electrons. The minimum atomic E-state index is -0.542. The molecule has 0 amide bonds. The fourth-order valence-corrected chi connectivity index (χ4v) is 2.70. The summed E-state index contributed by atoms with van der Waals surface area (Å²) < 4.78 is 0. The van der Waals surface area contributed by atoms with Crippen molar-refractivity contribution < 1.29 is 4.92 Å². The van der Waals surface area contributed by atoms with Crippen molar-refractivity contribution in [2.45, 2.75) is 39.2 Å². The van der Waals surface area contributed by atoms with Gasteiger partial charge in [-0.3, -0.25) is 10.1 Å². The summed E-state index contributed by atoms with van der Waals surface area (Å²) in [5.41, 5.74) is -0.240. The molecule has 0 radical (unpaired) electrons. The van der Waals surface area contributed by atoms with Gasteiger partial charge in [0, 0.05) is 6.04 Å². The zero-order valence-corrected chi connectivity index (χ0v) is 11.7. The lowest BCUT2D eigenvalue weighted by Crippen LogP contribution is -2.30. The van der Waals surface area contributed by atoms with Crippen LogP contribution in [0.3, 0.4) is 0 Å². The van der Waals surface area contributed by atoms with E-state index in [0.717, 1.165) is 19.3 Å². The van der Waals surface area contributed by atoms with Gasteiger partial charge in [0.05, 0.1) is 4.92 Å². The summed E-state index contributed by atoms with van der Waals surface area (Å²) >= 11 is 5.76. The maximum Gasteiger partial charge on any atom is 0.348 e. The molecule has 7 heteroatoms. The Balaban J connectivity index is 2.15. The van der Waals surface area contributed by atoms with Gasteiger partial charge in [0.1, 0.15) is 6.33 Å². The smallest absolute Gasteiger partial charge is 0.348 e. The van der Waals surface area contributed by atoms with Crippen LogP contribution >= 0.6 is 11.6 Å². The third kappa shape index (κ3) is 3.12. The van der Waals surface area contributed by atoms with Gasteiger partial charge < -0.3 is 5.32 Å². The number of anilines is 1. The molecule has 0 saturated heterocycles. The summed E-state index contributed by atoms with van der Waals surface area (Å²) in [6.45, 7) is 4.45. The minimum absolute atomic E-state index is 0.125. The molecule has 1 heterocycles. The molecule has 3 atom stereocenters. The van der Waals surface area contributed by atoms with E-state index in [4.69, 9.17) is 11.6 Å². The lowest BCUT2D eigenvalue weighted by atomic mass is 9.79. The van der Waals surface area contributed by atoms with Crippen molar-refractivity contribution in [2.24, 2.45) is 11.8 Å². The molecular formula is C12H17ClN4O2. The lowest BCUT2D eigenvalue weighted by molar-refractivity contribution is -0.384. The molecule has 1 fully saturated rings. The quantitative estimate of drug-likeness (QED) is 0.523. The van der Waals surface area contributed by atoms with Crippen LogP contribution in [-0.2, 0) is 0 Å². The van der Waals surface area contributed by atoms with Gasteiger partial charge in [0.25, 0.3) is 0 Å². The lowest BCUT2D eigenvalue weighted by Gasteiger charge is -2.32. The van der Waals surface area contributed by atoms with Crippen molar-refractivity contribution in [2.75, 3.05) is 5.32 Å². The Morgan fingerprint density at radius 3 is 2.74 bits per heavy atom. The Labute approximate surface area is 116 Å². The van der Waals surface area contributed by atoms with Gasteiger partial charge in [-0.25, -0.2) is 9.97 Å². The number of nitro groups is 1. The molecule has 3 unspecified atom stereocenters. The molecule has 1 aromatic rings. The third-order valence-electron chi connectivity index (χ3n) is 3.90. The molecule has 1 aliphatic carbocycles. The fraction of sp³-hybridized carbons (Fsp3) is 0.667. The average Bonchev–Trinajstić information content (AvgIpc) is 2.33. The second-order valence-electron chi connectivity index (χ2n) is 5.23. The summed E-state index contributed by atoms with van der Waals surface area (Å²) in [6, 6.07) is 0.205. The number of nitrogens with one attached hydrogen (secondary N) is 1. The molecule has 0 bridgehead atoms. The molecule has 0 aromatic carbocycles. The predicted octanol–water partition coefficient (Wildman–Crippen LogP) is 3.27. The summed E-state index contributed by atoms with van der Waals surface area (Å²) in [4.78, 5) is 18.1. The van der Waals surface area contributed by atoms with E-state index in [2.05, 4.69) is 29.1 Å². The van der Waals surface area contributed by atoms with Gasteiger partial charge in [0.2, 0.25) is 11.0 Å². The second kappa shape index (κ2) is 5.69. The van der Waals surface area contributed by atoms with Crippen LogP contribution in [-0.4, -0.2) is 20.9 Å². The second-order valence-corrected chi connectivity index (χ2v) is 5.59. The van der Waals surface area contributed by atoms with Crippen molar-refractivity contribution in [3.63, 3.8) is 0 Å². The van der Waals surface area contributed by atoms with Gasteiger partial charge in [-0.1, -0.05) is 25.4 Å². The van der Waals surface area contributed by atoms with E-state index >= 15 is 0 Å². The number of rotatable bonds is 3. The first-order valence-corrected chi connectivity index (χ1v) is 6.78.